The third kappa shape index (κ3) is 4.38. The Kier molecular flexibility index (Phi) is 6.63. The number of fused-ring (bicyclic) bond motifs is 5. The second-order valence-corrected chi connectivity index (χ2v) is 10.6. The van der Waals surface area contributed by atoms with Gasteiger partial charge < -0.3 is 29.7 Å². The Morgan fingerprint density at radius 2 is 1.76 bits per heavy atom. The molecule has 8 nitrogen and oxygen atoms in total. The Hall–Kier alpha value is -4.47. The number of aromatic amines is 3. The number of nitrogens with zero attached hydrogens (tertiary/aromatic N) is 1. The van der Waals surface area contributed by atoms with Crippen LogP contribution in [0.2, 0.25) is 0 Å². The first-order chi connectivity index (χ1) is 19.4. The topological polar surface area (TPSA) is 114 Å². The van der Waals surface area contributed by atoms with Gasteiger partial charge in [-0.25, -0.2) is 0 Å². The third-order valence-electron chi connectivity index (χ3n) is 7.98. The van der Waals surface area contributed by atoms with Crippen LogP contribution in [0.25, 0.3) is 32.7 Å². The summed E-state index contributed by atoms with van der Waals surface area (Å²) in [7, 11) is 1.66. The number of carbonyl (C=O) groups is 2. The number of phenolic OH excluding ortho intramolecular Hbond substituents is 1. The number of anilines is 1. The summed E-state index contributed by atoms with van der Waals surface area (Å²) < 4.78 is 5.51. The summed E-state index contributed by atoms with van der Waals surface area (Å²) in [6, 6.07) is 19.0. The number of para-hydroxylation sites is 1. The first-order valence-corrected chi connectivity index (χ1v) is 13.3. The normalized spacial score (nSPS) is 14.6. The minimum atomic E-state index is -0.182. The monoisotopic (exact) mass is 566 g/mol. The number of nitrogens with one attached hydrogen (secondary N) is 3. The van der Waals surface area contributed by atoms with E-state index in [0.717, 1.165) is 43.9 Å². The number of amides is 1. The fourth-order valence-electron chi connectivity index (χ4n) is 6.11. The minimum Gasteiger partial charge on any atom is -0.506 e. The van der Waals surface area contributed by atoms with Crippen LogP contribution in [0, 0.1) is 6.92 Å². The van der Waals surface area contributed by atoms with E-state index in [1.54, 1.807) is 18.1 Å². The molecule has 0 aliphatic carbocycles. The number of H-pyrrole nitrogens is 3. The Labute approximate surface area is 242 Å². The molecule has 0 bridgehead atoms. The van der Waals surface area contributed by atoms with Crippen LogP contribution in [0.5, 0.6) is 5.75 Å². The average Bonchev–Trinajstić information content (AvgIpc) is 3.72. The Balaban J connectivity index is 0.00000302. The summed E-state index contributed by atoms with van der Waals surface area (Å²) in [4.78, 5) is 38.2. The van der Waals surface area contributed by atoms with E-state index < -0.39 is 0 Å². The van der Waals surface area contributed by atoms with E-state index in [2.05, 4.69) is 15.0 Å². The lowest BCUT2D eigenvalue weighted by molar-refractivity contribution is 0.0976. The first-order valence-electron chi connectivity index (χ1n) is 13.3. The molecule has 0 saturated carbocycles. The van der Waals surface area contributed by atoms with Crippen LogP contribution >= 0.6 is 13.5 Å². The molecule has 208 valence electrons. The number of ketones is 1. The number of aromatic nitrogens is 3. The van der Waals surface area contributed by atoms with Crippen molar-refractivity contribution in [2.75, 3.05) is 25.2 Å². The number of hydrogen-bond acceptors (Lipinski definition) is 4. The third-order valence-corrected chi connectivity index (χ3v) is 7.98. The quantitative estimate of drug-likeness (QED) is 0.183. The molecule has 0 radical (unpaired) electrons. The molecular weight excluding hydrogens is 536 g/mol. The second kappa shape index (κ2) is 10.2. The lowest BCUT2D eigenvalue weighted by Gasteiger charge is -2.17. The zero-order chi connectivity index (χ0) is 27.5. The van der Waals surface area contributed by atoms with E-state index >= 15 is 0 Å². The van der Waals surface area contributed by atoms with Crippen molar-refractivity contribution in [3.05, 3.63) is 94.9 Å². The molecule has 9 heteroatoms. The van der Waals surface area contributed by atoms with Crippen LogP contribution in [0.4, 0.5) is 5.69 Å². The second-order valence-electron chi connectivity index (χ2n) is 10.6. The number of aryl methyl sites for hydroxylation is 1. The number of hydrogen-bond donors (Lipinski definition) is 4. The Bertz CT molecular complexity index is 1930. The largest absolute Gasteiger partial charge is 0.506 e. The van der Waals surface area contributed by atoms with Gasteiger partial charge in [-0.1, -0.05) is 24.3 Å². The van der Waals surface area contributed by atoms with E-state index in [1.165, 1.54) is 0 Å². The zero-order valence-corrected chi connectivity index (χ0v) is 23.7. The van der Waals surface area contributed by atoms with E-state index in [-0.39, 0.29) is 43.3 Å². The lowest BCUT2D eigenvalue weighted by atomic mass is 9.96. The van der Waals surface area contributed by atoms with Crippen molar-refractivity contribution >= 4 is 63.6 Å². The standard InChI is InChI=1S/C32H28N4O4.H2S/c1-17-14-33-31-28(38)13-26-30(29(17)31)21(16-40-2)15-36(26)32(39)25-12-20-9-18(7-8-23(20)35-25)10-27(37)24-11-19-5-3-4-6-22(19)34-24;/h3-9,11-14,21,33-35,38H,10,15-16H2,1-2H3;1H2. The highest BCUT2D eigenvalue weighted by molar-refractivity contribution is 7.59. The molecule has 1 atom stereocenters. The predicted octanol–water partition coefficient (Wildman–Crippen LogP) is 6.07. The van der Waals surface area contributed by atoms with Crippen LogP contribution in [0.1, 0.15) is 43.6 Å². The van der Waals surface area contributed by atoms with Crippen molar-refractivity contribution < 1.29 is 19.4 Å². The van der Waals surface area contributed by atoms with Crippen molar-refractivity contribution in [3.8, 4) is 5.75 Å². The molecule has 3 aromatic carbocycles. The number of methoxy groups -OCH3 is 1. The van der Waals surface area contributed by atoms with E-state index in [1.807, 2.05) is 67.7 Å². The predicted molar refractivity (Wildman–Crippen MR) is 166 cm³/mol. The van der Waals surface area contributed by atoms with Gasteiger partial charge in [-0.15, -0.1) is 0 Å². The maximum absolute atomic E-state index is 13.8. The molecule has 1 aliphatic heterocycles. The van der Waals surface area contributed by atoms with Gasteiger partial charge in [0.15, 0.2) is 5.78 Å². The number of Topliss-reactive ketones (excluding diaryl/α,β-unsaturated/α-hetero) is 1. The number of ether oxygens (including phenoxy) is 1. The van der Waals surface area contributed by atoms with Gasteiger partial charge in [0.05, 0.1) is 23.5 Å². The van der Waals surface area contributed by atoms with Crippen molar-refractivity contribution in [1.29, 1.82) is 0 Å². The average molecular weight is 567 g/mol. The fraction of sp³-hybridized carbons (Fsp3) is 0.188. The summed E-state index contributed by atoms with van der Waals surface area (Å²) in [5, 5.41) is 13.5. The minimum absolute atomic E-state index is 0. The van der Waals surface area contributed by atoms with Crippen molar-refractivity contribution in [3.63, 3.8) is 0 Å². The number of carbonyl (C=O) groups excluding carboxylic acids is 2. The maximum Gasteiger partial charge on any atom is 0.274 e. The van der Waals surface area contributed by atoms with Gasteiger partial charge in [-0.3, -0.25) is 9.59 Å². The molecule has 3 aromatic heterocycles. The summed E-state index contributed by atoms with van der Waals surface area (Å²) >= 11 is 0. The van der Waals surface area contributed by atoms with E-state index in [0.29, 0.717) is 35.7 Å². The molecule has 7 rings (SSSR count). The van der Waals surface area contributed by atoms with Crippen molar-refractivity contribution in [2.24, 2.45) is 0 Å². The number of benzene rings is 3. The van der Waals surface area contributed by atoms with Gasteiger partial charge in [0.2, 0.25) is 0 Å². The van der Waals surface area contributed by atoms with Gasteiger partial charge in [0.1, 0.15) is 11.4 Å². The maximum atomic E-state index is 13.8. The van der Waals surface area contributed by atoms with Gasteiger partial charge in [0, 0.05) is 65.4 Å². The molecule has 4 heterocycles. The molecule has 1 aliphatic rings. The smallest absolute Gasteiger partial charge is 0.274 e. The summed E-state index contributed by atoms with van der Waals surface area (Å²) in [6.45, 7) is 2.90. The molecular formula is C32H30N4O4S. The van der Waals surface area contributed by atoms with Crippen molar-refractivity contribution in [2.45, 2.75) is 19.3 Å². The van der Waals surface area contributed by atoms with Crippen LogP contribution in [-0.2, 0) is 11.2 Å². The Morgan fingerprint density at radius 1 is 1.00 bits per heavy atom. The number of aromatic hydroxyl groups is 1. The van der Waals surface area contributed by atoms with Crippen LogP contribution in [0.3, 0.4) is 0 Å². The molecule has 6 aromatic rings. The highest BCUT2D eigenvalue weighted by atomic mass is 32.1. The summed E-state index contributed by atoms with van der Waals surface area (Å²) in [5.74, 6) is -0.0862. The van der Waals surface area contributed by atoms with E-state index in [4.69, 9.17) is 4.74 Å². The van der Waals surface area contributed by atoms with E-state index in [9.17, 15) is 14.7 Å². The Morgan fingerprint density at radius 3 is 2.56 bits per heavy atom. The highest BCUT2D eigenvalue weighted by Gasteiger charge is 2.36. The molecule has 41 heavy (non-hydrogen) atoms. The van der Waals surface area contributed by atoms with Crippen LogP contribution < -0.4 is 4.90 Å². The van der Waals surface area contributed by atoms with Gasteiger partial charge in [-0.05, 0) is 53.9 Å². The number of phenols is 1. The lowest BCUT2D eigenvalue weighted by Crippen LogP contribution is -2.30. The van der Waals surface area contributed by atoms with Gasteiger partial charge in [-0.2, -0.15) is 13.5 Å². The van der Waals surface area contributed by atoms with Gasteiger partial charge >= 0.3 is 0 Å². The molecule has 0 fully saturated rings. The first kappa shape index (κ1) is 26.7. The molecule has 1 unspecified atom stereocenters. The highest BCUT2D eigenvalue weighted by Crippen LogP contribution is 2.46. The van der Waals surface area contributed by atoms with Crippen LogP contribution in [-0.4, -0.2) is 52.0 Å². The fourth-order valence-corrected chi connectivity index (χ4v) is 6.11. The zero-order valence-electron chi connectivity index (χ0n) is 22.7. The molecule has 0 saturated heterocycles. The molecule has 4 N–H and O–H groups in total. The van der Waals surface area contributed by atoms with Crippen molar-refractivity contribution in [1.82, 2.24) is 15.0 Å². The molecule has 1 amide bonds. The number of rotatable bonds is 6. The van der Waals surface area contributed by atoms with Gasteiger partial charge in [0.25, 0.3) is 5.91 Å². The SMILES string of the molecule is COCC1CN(C(=O)c2cc3cc(CC(=O)c4cc5ccccc5[nH]4)ccc3[nH]2)c2cc(O)c3[nH]cc(C)c3c21.S. The summed E-state index contributed by atoms with van der Waals surface area (Å²) in [5.41, 5.74) is 7.05. The summed E-state index contributed by atoms with van der Waals surface area (Å²) in [6.07, 6.45) is 2.12. The molecule has 0 spiro atoms. The van der Waals surface area contributed by atoms with Crippen LogP contribution in [0.15, 0.2) is 66.9 Å².